The molecule has 1 amide bonds. The van der Waals surface area contributed by atoms with Crippen LogP contribution in [-0.4, -0.2) is 34.9 Å². The molecule has 1 N–H and O–H groups in total. The molecule has 0 aliphatic carbocycles. The van der Waals surface area contributed by atoms with Gasteiger partial charge in [0.25, 0.3) is 5.91 Å². The number of pyridine rings is 1. The third-order valence-corrected chi connectivity index (χ3v) is 3.43. The minimum absolute atomic E-state index is 0. The number of carbonyl (C=O) groups is 1. The third kappa shape index (κ3) is 5.21. The summed E-state index contributed by atoms with van der Waals surface area (Å²) in [4.78, 5) is 26.5. The van der Waals surface area contributed by atoms with E-state index in [2.05, 4.69) is 25.9 Å². The monoisotopic (exact) mass is 471 g/mol. The van der Waals surface area contributed by atoms with Gasteiger partial charge in [-0.05, 0) is 53.5 Å². The van der Waals surface area contributed by atoms with Crippen LogP contribution < -0.4 is 0 Å². The van der Waals surface area contributed by atoms with E-state index in [-0.39, 0.29) is 38.6 Å². The van der Waals surface area contributed by atoms with Crippen molar-refractivity contribution in [2.24, 2.45) is 4.99 Å². The maximum absolute atomic E-state index is 12.6. The van der Waals surface area contributed by atoms with Gasteiger partial charge in [-0.3, -0.25) is 14.6 Å². The van der Waals surface area contributed by atoms with Crippen molar-refractivity contribution in [2.75, 3.05) is 13.2 Å². The van der Waals surface area contributed by atoms with Crippen LogP contribution in [0.15, 0.2) is 27.3 Å². The maximum Gasteiger partial charge on any atom is 0.273 e. The molecule has 8 heteroatoms. The number of nitrogens with one attached hydrogen (secondary N) is 1. The Labute approximate surface area is 157 Å². The van der Waals surface area contributed by atoms with E-state index in [1.54, 1.807) is 18.3 Å². The van der Waals surface area contributed by atoms with Crippen LogP contribution in [0, 0.1) is 0 Å². The van der Waals surface area contributed by atoms with E-state index < -0.39 is 0 Å². The van der Waals surface area contributed by atoms with Crippen LogP contribution in [0.1, 0.15) is 32.4 Å². The van der Waals surface area contributed by atoms with Gasteiger partial charge in [0.1, 0.15) is 0 Å². The Morgan fingerprint density at radius 1 is 1.48 bits per heavy atom. The number of hydrogen-bond acceptors (Lipinski definition) is 4. The number of aromatic nitrogens is 1. The molecule has 0 atom stereocenters. The molecule has 128 valence electrons. The SMILES string of the molecule is CCCN(OCC)C(=O)C1=Cc2ncc(Br)cc2N=C([NH-])C1.[Pd]. The van der Waals surface area contributed by atoms with E-state index in [0.29, 0.717) is 30.1 Å². The Morgan fingerprint density at radius 2 is 2.22 bits per heavy atom. The fourth-order valence-corrected chi connectivity index (χ4v) is 2.42. The van der Waals surface area contributed by atoms with Crippen molar-refractivity contribution >= 4 is 39.4 Å². The summed E-state index contributed by atoms with van der Waals surface area (Å²) in [6.45, 7) is 4.74. The van der Waals surface area contributed by atoms with E-state index >= 15 is 0 Å². The molecular weight excluding hydrogens is 455 g/mol. The molecular formula is C15H18BrN4O2Pd-. The molecule has 0 radical (unpaired) electrons. The standard InChI is InChI=1S/C15H19BrN4O2.Pd/c1-3-5-20(22-4-2)15(21)10-6-12-13(19-14(17)7-10)8-11(16)9-18-12;/h6,8-9H,3-5,7H2,1-2H3,(H2,17,19,21);/p-1. The zero-order valence-corrected chi connectivity index (χ0v) is 16.1. The number of hydrogen-bond donors (Lipinski definition) is 0. The summed E-state index contributed by atoms with van der Waals surface area (Å²) in [6.07, 6.45) is 4.30. The van der Waals surface area contributed by atoms with Crippen LogP contribution in [0.4, 0.5) is 5.69 Å². The quantitative estimate of drug-likeness (QED) is 0.482. The molecule has 2 rings (SSSR count). The summed E-state index contributed by atoms with van der Waals surface area (Å²) >= 11 is 3.34. The van der Waals surface area contributed by atoms with Gasteiger partial charge in [-0.25, -0.2) is 5.06 Å². The van der Waals surface area contributed by atoms with E-state index in [4.69, 9.17) is 10.6 Å². The third-order valence-electron chi connectivity index (χ3n) is 3.00. The zero-order chi connectivity index (χ0) is 16.1. The minimum atomic E-state index is -0.235. The molecule has 0 saturated carbocycles. The molecule has 6 nitrogen and oxygen atoms in total. The molecule has 1 aromatic rings. The van der Waals surface area contributed by atoms with Crippen LogP contribution in [0.3, 0.4) is 0 Å². The number of amides is 1. The second-order valence-corrected chi connectivity index (χ2v) is 5.70. The van der Waals surface area contributed by atoms with Crippen LogP contribution in [0.25, 0.3) is 11.8 Å². The summed E-state index contributed by atoms with van der Waals surface area (Å²) in [6, 6.07) is 1.78. The number of rotatable bonds is 5. The van der Waals surface area contributed by atoms with Crippen molar-refractivity contribution in [1.29, 1.82) is 0 Å². The van der Waals surface area contributed by atoms with E-state index in [1.807, 2.05) is 13.8 Å². The van der Waals surface area contributed by atoms with Gasteiger partial charge in [0.15, 0.2) is 0 Å². The molecule has 1 aliphatic rings. The molecule has 0 saturated heterocycles. The van der Waals surface area contributed by atoms with E-state index in [9.17, 15) is 4.79 Å². The normalized spacial score (nSPS) is 13.2. The van der Waals surface area contributed by atoms with Crippen LogP contribution >= 0.6 is 15.9 Å². The number of carbonyl (C=O) groups excluding carboxylic acids is 1. The first-order valence-electron chi connectivity index (χ1n) is 7.15. The molecule has 0 aromatic carbocycles. The number of amidine groups is 1. The number of nitrogens with zero attached hydrogens (tertiary/aromatic N) is 3. The Bertz CT molecular complexity index is 628. The summed E-state index contributed by atoms with van der Waals surface area (Å²) in [5.74, 6) is -0.104. The molecule has 2 heterocycles. The van der Waals surface area contributed by atoms with Crippen molar-refractivity contribution in [3.8, 4) is 0 Å². The molecule has 0 fully saturated rings. The summed E-state index contributed by atoms with van der Waals surface area (Å²) in [5.41, 5.74) is 9.57. The fourth-order valence-electron chi connectivity index (χ4n) is 2.10. The summed E-state index contributed by atoms with van der Waals surface area (Å²) in [5, 5.41) is 1.35. The molecule has 0 spiro atoms. The van der Waals surface area contributed by atoms with Crippen molar-refractivity contribution in [2.45, 2.75) is 26.7 Å². The summed E-state index contributed by atoms with van der Waals surface area (Å²) < 4.78 is 0.785. The van der Waals surface area contributed by atoms with Gasteiger partial charge in [0.2, 0.25) is 0 Å². The Balaban J connectivity index is 0.00000264. The second-order valence-electron chi connectivity index (χ2n) is 4.79. The van der Waals surface area contributed by atoms with Gasteiger partial charge in [0, 0.05) is 43.2 Å². The molecule has 1 aliphatic heterocycles. The zero-order valence-electron chi connectivity index (χ0n) is 12.9. The first-order chi connectivity index (χ1) is 10.5. The fraction of sp³-hybridized carbons (Fsp3) is 0.400. The second kappa shape index (κ2) is 9.28. The van der Waals surface area contributed by atoms with Crippen LogP contribution in [0.2, 0.25) is 0 Å². The number of fused-ring (bicyclic) bond motifs is 1. The van der Waals surface area contributed by atoms with Gasteiger partial charge in [-0.1, -0.05) is 12.8 Å². The van der Waals surface area contributed by atoms with Gasteiger partial charge in [0.05, 0.1) is 12.3 Å². The Hall–Kier alpha value is -1.07. The van der Waals surface area contributed by atoms with Crippen molar-refractivity contribution in [1.82, 2.24) is 10.0 Å². The van der Waals surface area contributed by atoms with Crippen molar-refractivity contribution < 1.29 is 30.1 Å². The van der Waals surface area contributed by atoms with Gasteiger partial charge in [-0.15, -0.1) is 0 Å². The van der Waals surface area contributed by atoms with E-state index in [0.717, 1.165) is 10.9 Å². The molecule has 0 unspecified atom stereocenters. The van der Waals surface area contributed by atoms with Crippen molar-refractivity contribution in [3.63, 3.8) is 0 Å². The smallest absolute Gasteiger partial charge is 0.273 e. The number of halogens is 1. The number of hydroxylamine groups is 2. The minimum Gasteiger partial charge on any atom is -0.485 e. The van der Waals surface area contributed by atoms with Crippen LogP contribution in [-0.2, 0) is 30.1 Å². The average Bonchev–Trinajstić information content (AvgIpc) is 2.64. The molecule has 23 heavy (non-hydrogen) atoms. The van der Waals surface area contributed by atoms with Gasteiger partial charge < -0.3 is 10.7 Å². The Morgan fingerprint density at radius 3 is 2.87 bits per heavy atom. The molecule has 1 aromatic heterocycles. The predicted octanol–water partition coefficient (Wildman–Crippen LogP) is 3.90. The first-order valence-corrected chi connectivity index (χ1v) is 7.94. The summed E-state index contributed by atoms with van der Waals surface area (Å²) in [7, 11) is 0. The van der Waals surface area contributed by atoms with Gasteiger partial charge in [-0.2, -0.15) is 0 Å². The van der Waals surface area contributed by atoms with E-state index in [1.165, 1.54) is 5.06 Å². The topological polar surface area (TPSA) is 78.6 Å². The number of aliphatic imine (C=N–C) groups is 1. The first kappa shape index (κ1) is 20.0. The largest absolute Gasteiger partial charge is 0.485 e. The van der Waals surface area contributed by atoms with Gasteiger partial charge >= 0.3 is 0 Å². The van der Waals surface area contributed by atoms with Crippen LogP contribution in [0.5, 0.6) is 0 Å². The average molecular weight is 473 g/mol. The predicted molar refractivity (Wildman–Crippen MR) is 89.6 cm³/mol. The van der Waals surface area contributed by atoms with Crippen molar-refractivity contribution in [3.05, 3.63) is 33.7 Å². The maximum atomic E-state index is 12.6. The Kier molecular flexibility index (Phi) is 8.06. The molecule has 0 bridgehead atoms.